The number of Topliss-reactive ketones (excluding diaryl/α,β-unsaturated/α-hetero) is 1. The van der Waals surface area contributed by atoms with Gasteiger partial charge in [-0.3, -0.25) is 14.5 Å². The molecule has 0 aliphatic rings. The van der Waals surface area contributed by atoms with Crippen LogP contribution >= 0.6 is 0 Å². The third-order valence-electron chi connectivity index (χ3n) is 3.08. The molecular weight excluding hydrogens is 252 g/mol. The number of carbonyl (C=O) groups excluding carboxylic acids is 2. The maximum absolute atomic E-state index is 12.0. The molecule has 0 unspecified atom stereocenters. The van der Waals surface area contributed by atoms with Crippen molar-refractivity contribution in [3.05, 3.63) is 29.8 Å². The maximum atomic E-state index is 12.0. The van der Waals surface area contributed by atoms with Gasteiger partial charge in [-0.05, 0) is 45.0 Å². The minimum atomic E-state index is -0.0926. The van der Waals surface area contributed by atoms with Crippen LogP contribution in [0.15, 0.2) is 24.3 Å². The molecule has 1 N–H and O–H groups in total. The molecule has 110 valence electrons. The zero-order valence-electron chi connectivity index (χ0n) is 12.8. The Morgan fingerprint density at radius 3 is 2.50 bits per heavy atom. The van der Waals surface area contributed by atoms with Gasteiger partial charge < -0.3 is 5.32 Å². The fourth-order valence-corrected chi connectivity index (χ4v) is 1.89. The molecule has 0 radical (unpaired) electrons. The normalized spacial score (nSPS) is 10.9. The number of para-hydroxylation sites is 1. The molecule has 0 aromatic heterocycles. The van der Waals surface area contributed by atoms with E-state index in [0.717, 1.165) is 13.0 Å². The van der Waals surface area contributed by atoms with E-state index in [4.69, 9.17) is 0 Å². The van der Waals surface area contributed by atoms with Crippen LogP contribution in [0.1, 0.15) is 37.6 Å². The lowest BCUT2D eigenvalue weighted by Gasteiger charge is -2.17. The van der Waals surface area contributed by atoms with Gasteiger partial charge in [-0.15, -0.1) is 0 Å². The Morgan fingerprint density at radius 2 is 1.90 bits per heavy atom. The van der Waals surface area contributed by atoms with Gasteiger partial charge in [-0.1, -0.05) is 26.0 Å². The van der Waals surface area contributed by atoms with Crippen molar-refractivity contribution in [2.24, 2.45) is 5.92 Å². The summed E-state index contributed by atoms with van der Waals surface area (Å²) in [6.45, 7) is 7.05. The van der Waals surface area contributed by atoms with Gasteiger partial charge in [0.1, 0.15) is 0 Å². The van der Waals surface area contributed by atoms with E-state index in [1.54, 1.807) is 18.2 Å². The van der Waals surface area contributed by atoms with Gasteiger partial charge in [0, 0.05) is 5.56 Å². The van der Waals surface area contributed by atoms with Crippen molar-refractivity contribution in [3.8, 4) is 0 Å². The van der Waals surface area contributed by atoms with Crippen LogP contribution in [-0.4, -0.2) is 36.7 Å². The number of rotatable bonds is 7. The fourth-order valence-electron chi connectivity index (χ4n) is 1.89. The Labute approximate surface area is 121 Å². The molecule has 4 nitrogen and oxygen atoms in total. The number of hydrogen-bond donors (Lipinski definition) is 1. The molecule has 4 heteroatoms. The van der Waals surface area contributed by atoms with E-state index in [-0.39, 0.29) is 11.7 Å². The standard InChI is InChI=1S/C16H24N2O2/c1-12(2)9-10-18(4)11-16(20)17-15-8-6-5-7-14(15)13(3)19/h5-8,12H,9-11H2,1-4H3,(H,17,20). The van der Waals surface area contributed by atoms with E-state index in [2.05, 4.69) is 19.2 Å². The number of benzene rings is 1. The van der Waals surface area contributed by atoms with Crippen molar-refractivity contribution in [2.75, 3.05) is 25.5 Å². The van der Waals surface area contributed by atoms with E-state index in [1.807, 2.05) is 18.0 Å². The third-order valence-corrected chi connectivity index (χ3v) is 3.08. The molecule has 0 fully saturated rings. The van der Waals surface area contributed by atoms with Gasteiger partial charge in [0.15, 0.2) is 5.78 Å². The van der Waals surface area contributed by atoms with Gasteiger partial charge in [0.05, 0.1) is 12.2 Å². The van der Waals surface area contributed by atoms with E-state index in [9.17, 15) is 9.59 Å². The summed E-state index contributed by atoms with van der Waals surface area (Å²) in [4.78, 5) is 25.5. The summed E-state index contributed by atoms with van der Waals surface area (Å²) in [6.07, 6.45) is 1.06. The van der Waals surface area contributed by atoms with Crippen LogP contribution in [0.3, 0.4) is 0 Å². The lowest BCUT2D eigenvalue weighted by Crippen LogP contribution is -2.31. The Balaban J connectivity index is 2.56. The van der Waals surface area contributed by atoms with Crippen LogP contribution in [0.4, 0.5) is 5.69 Å². The molecule has 0 atom stereocenters. The van der Waals surface area contributed by atoms with Gasteiger partial charge in [0.2, 0.25) is 5.91 Å². The molecule has 0 saturated heterocycles. The molecule has 0 aliphatic carbocycles. The smallest absolute Gasteiger partial charge is 0.238 e. The number of hydrogen-bond acceptors (Lipinski definition) is 3. The zero-order chi connectivity index (χ0) is 15.1. The first-order valence-corrected chi connectivity index (χ1v) is 6.98. The highest BCUT2D eigenvalue weighted by Crippen LogP contribution is 2.15. The molecule has 1 aromatic rings. The Hall–Kier alpha value is -1.68. The second-order valence-electron chi connectivity index (χ2n) is 5.57. The van der Waals surface area contributed by atoms with E-state index in [0.29, 0.717) is 23.7 Å². The highest BCUT2D eigenvalue weighted by Gasteiger charge is 2.11. The van der Waals surface area contributed by atoms with Crippen molar-refractivity contribution in [1.82, 2.24) is 4.90 Å². The first-order chi connectivity index (χ1) is 9.40. The number of likely N-dealkylation sites (N-methyl/N-ethyl adjacent to an activating group) is 1. The molecule has 0 saturated carbocycles. The summed E-state index contributed by atoms with van der Waals surface area (Å²) in [7, 11) is 1.93. The topological polar surface area (TPSA) is 49.4 Å². The first-order valence-electron chi connectivity index (χ1n) is 6.98. The van der Waals surface area contributed by atoms with Gasteiger partial charge in [0.25, 0.3) is 0 Å². The molecule has 0 spiro atoms. The minimum absolute atomic E-state index is 0.0472. The Morgan fingerprint density at radius 1 is 1.25 bits per heavy atom. The van der Waals surface area contributed by atoms with Crippen LogP contribution in [0.25, 0.3) is 0 Å². The zero-order valence-corrected chi connectivity index (χ0v) is 12.8. The van der Waals surface area contributed by atoms with Crippen LogP contribution in [0.5, 0.6) is 0 Å². The summed E-state index contributed by atoms with van der Waals surface area (Å²) < 4.78 is 0. The SMILES string of the molecule is CC(=O)c1ccccc1NC(=O)CN(C)CCC(C)C. The Kier molecular flexibility index (Phi) is 6.39. The number of nitrogens with one attached hydrogen (secondary N) is 1. The molecule has 20 heavy (non-hydrogen) atoms. The summed E-state index contributed by atoms with van der Waals surface area (Å²) in [5, 5.41) is 2.81. The van der Waals surface area contributed by atoms with Gasteiger partial charge >= 0.3 is 0 Å². The van der Waals surface area contributed by atoms with Gasteiger partial charge in [-0.2, -0.15) is 0 Å². The highest BCUT2D eigenvalue weighted by atomic mass is 16.2. The van der Waals surface area contributed by atoms with Crippen molar-refractivity contribution >= 4 is 17.4 Å². The largest absolute Gasteiger partial charge is 0.324 e. The number of carbonyl (C=O) groups is 2. The molecule has 1 aromatic carbocycles. The fraction of sp³-hybridized carbons (Fsp3) is 0.500. The number of ketones is 1. The predicted molar refractivity (Wildman–Crippen MR) is 82.0 cm³/mol. The third kappa shape index (κ3) is 5.53. The average molecular weight is 276 g/mol. The Bertz CT molecular complexity index is 469. The number of anilines is 1. The lowest BCUT2D eigenvalue weighted by atomic mass is 10.1. The second kappa shape index (κ2) is 7.80. The molecule has 1 rings (SSSR count). The molecule has 1 amide bonds. The van der Waals surface area contributed by atoms with Crippen LogP contribution in [0, 0.1) is 5.92 Å². The van der Waals surface area contributed by atoms with Crippen LogP contribution in [-0.2, 0) is 4.79 Å². The van der Waals surface area contributed by atoms with Crippen LogP contribution < -0.4 is 5.32 Å². The van der Waals surface area contributed by atoms with Crippen molar-refractivity contribution in [3.63, 3.8) is 0 Å². The van der Waals surface area contributed by atoms with Crippen molar-refractivity contribution in [1.29, 1.82) is 0 Å². The highest BCUT2D eigenvalue weighted by molar-refractivity contribution is 6.04. The quantitative estimate of drug-likeness (QED) is 0.779. The van der Waals surface area contributed by atoms with E-state index < -0.39 is 0 Å². The molecule has 0 aliphatic heterocycles. The molecule has 0 bridgehead atoms. The van der Waals surface area contributed by atoms with E-state index >= 15 is 0 Å². The summed E-state index contributed by atoms with van der Waals surface area (Å²) in [5.74, 6) is 0.484. The minimum Gasteiger partial charge on any atom is -0.324 e. The first kappa shape index (κ1) is 16.4. The van der Waals surface area contributed by atoms with Crippen molar-refractivity contribution in [2.45, 2.75) is 27.2 Å². The maximum Gasteiger partial charge on any atom is 0.238 e. The summed E-state index contributed by atoms with van der Waals surface area (Å²) in [5.41, 5.74) is 1.13. The van der Waals surface area contributed by atoms with Crippen LogP contribution in [0.2, 0.25) is 0 Å². The van der Waals surface area contributed by atoms with Gasteiger partial charge in [-0.25, -0.2) is 0 Å². The molecule has 0 heterocycles. The monoisotopic (exact) mass is 276 g/mol. The number of amides is 1. The number of nitrogens with zero attached hydrogens (tertiary/aromatic N) is 1. The average Bonchev–Trinajstić information content (AvgIpc) is 2.36. The summed E-state index contributed by atoms with van der Waals surface area (Å²) >= 11 is 0. The lowest BCUT2D eigenvalue weighted by molar-refractivity contribution is -0.117. The summed E-state index contributed by atoms with van der Waals surface area (Å²) in [6, 6.07) is 7.08. The predicted octanol–water partition coefficient (Wildman–Crippen LogP) is 2.81. The second-order valence-corrected chi connectivity index (χ2v) is 5.57. The van der Waals surface area contributed by atoms with E-state index in [1.165, 1.54) is 6.92 Å². The van der Waals surface area contributed by atoms with Crippen molar-refractivity contribution < 1.29 is 9.59 Å². The molecular formula is C16H24N2O2.